The summed E-state index contributed by atoms with van der Waals surface area (Å²) >= 11 is 0. The molecule has 0 radical (unpaired) electrons. The first-order valence-corrected chi connectivity index (χ1v) is 10.1. The van der Waals surface area contributed by atoms with Gasteiger partial charge in [0.15, 0.2) is 5.96 Å². The number of hydrogen-bond donors (Lipinski definition) is 2. The van der Waals surface area contributed by atoms with Crippen LogP contribution in [0, 0.1) is 0 Å². The van der Waals surface area contributed by atoms with Crippen molar-refractivity contribution in [2.75, 3.05) is 38.8 Å². The van der Waals surface area contributed by atoms with Crippen molar-refractivity contribution in [2.45, 2.75) is 6.54 Å². The molecule has 0 spiro atoms. The van der Waals surface area contributed by atoms with E-state index in [1.54, 1.807) is 13.2 Å². The van der Waals surface area contributed by atoms with Crippen LogP contribution in [0.3, 0.4) is 0 Å². The average Bonchev–Trinajstić information content (AvgIpc) is 2.59. The molecule has 0 saturated heterocycles. The number of pyridine rings is 1. The summed E-state index contributed by atoms with van der Waals surface area (Å²) in [6, 6.07) is 9.98. The molecule has 2 N–H and O–H groups in total. The summed E-state index contributed by atoms with van der Waals surface area (Å²) in [6.45, 7) is 1.78. The monoisotopic (exact) mass is 492 g/mol. The van der Waals surface area contributed by atoms with Gasteiger partial charge in [-0.1, -0.05) is 18.2 Å². The Balaban J connectivity index is 0.00000338. The maximum Gasteiger partial charge on any atom is 0.191 e. The van der Waals surface area contributed by atoms with Gasteiger partial charge in [-0.15, -0.1) is 24.0 Å². The molecule has 1 aromatic carbocycles. The minimum atomic E-state index is -2.98. The maximum absolute atomic E-state index is 11.0. The van der Waals surface area contributed by atoms with Crippen molar-refractivity contribution in [1.82, 2.24) is 15.6 Å². The highest BCUT2D eigenvalue weighted by Crippen LogP contribution is 2.15. The van der Waals surface area contributed by atoms with E-state index in [-0.39, 0.29) is 36.3 Å². The van der Waals surface area contributed by atoms with E-state index in [9.17, 15) is 8.42 Å². The smallest absolute Gasteiger partial charge is 0.191 e. The number of guanidine groups is 1. The molecule has 0 bridgehead atoms. The van der Waals surface area contributed by atoms with Gasteiger partial charge < -0.3 is 15.4 Å². The van der Waals surface area contributed by atoms with E-state index in [1.165, 1.54) is 6.26 Å². The summed E-state index contributed by atoms with van der Waals surface area (Å²) in [4.78, 5) is 8.52. The van der Waals surface area contributed by atoms with Crippen LogP contribution in [0.25, 0.3) is 10.9 Å². The summed E-state index contributed by atoms with van der Waals surface area (Å²) in [7, 11) is -1.28. The zero-order valence-electron chi connectivity index (χ0n) is 14.9. The molecular weight excluding hydrogens is 467 g/mol. The predicted octanol–water partition coefficient (Wildman–Crippen LogP) is 1.58. The third kappa shape index (κ3) is 7.83. The van der Waals surface area contributed by atoms with Gasteiger partial charge in [0.2, 0.25) is 0 Å². The molecular formula is C17H25IN4O3S. The number of aromatic nitrogens is 1. The molecule has 0 aliphatic heterocycles. The zero-order valence-corrected chi connectivity index (χ0v) is 18.1. The lowest BCUT2D eigenvalue weighted by Crippen LogP contribution is -2.38. The molecule has 2 aromatic rings. The van der Waals surface area contributed by atoms with Crippen molar-refractivity contribution in [3.63, 3.8) is 0 Å². The molecule has 0 unspecified atom stereocenters. The normalized spacial score (nSPS) is 11.8. The number of aliphatic imine (C=N–C) groups is 1. The van der Waals surface area contributed by atoms with Gasteiger partial charge in [-0.3, -0.25) is 9.98 Å². The highest BCUT2D eigenvalue weighted by molar-refractivity contribution is 14.0. The first-order valence-electron chi connectivity index (χ1n) is 8.02. The van der Waals surface area contributed by atoms with E-state index in [4.69, 9.17) is 4.74 Å². The van der Waals surface area contributed by atoms with Crippen molar-refractivity contribution in [1.29, 1.82) is 0 Å². The molecule has 0 aliphatic carbocycles. The van der Waals surface area contributed by atoms with Crippen LogP contribution in [0.1, 0.15) is 5.56 Å². The lowest BCUT2D eigenvalue weighted by atomic mass is 10.1. The van der Waals surface area contributed by atoms with E-state index >= 15 is 0 Å². The van der Waals surface area contributed by atoms with E-state index in [2.05, 4.69) is 20.6 Å². The molecule has 2 rings (SSSR count). The van der Waals surface area contributed by atoms with Gasteiger partial charge in [0.1, 0.15) is 9.84 Å². The van der Waals surface area contributed by atoms with Gasteiger partial charge in [-0.25, -0.2) is 8.42 Å². The molecule has 1 aromatic heterocycles. The number of sulfone groups is 1. The fourth-order valence-electron chi connectivity index (χ4n) is 2.26. The van der Waals surface area contributed by atoms with Gasteiger partial charge in [0.05, 0.1) is 24.5 Å². The molecule has 0 amide bonds. The van der Waals surface area contributed by atoms with Crippen molar-refractivity contribution in [3.8, 4) is 0 Å². The molecule has 7 nitrogen and oxygen atoms in total. The summed E-state index contributed by atoms with van der Waals surface area (Å²) in [6.07, 6.45) is 2.99. The Morgan fingerprint density at radius 2 is 1.96 bits per heavy atom. The van der Waals surface area contributed by atoms with Gasteiger partial charge in [-0.2, -0.15) is 0 Å². The largest absolute Gasteiger partial charge is 0.379 e. The lowest BCUT2D eigenvalue weighted by molar-refractivity contribution is 0.154. The number of benzene rings is 1. The van der Waals surface area contributed by atoms with Crippen molar-refractivity contribution in [2.24, 2.45) is 4.99 Å². The van der Waals surface area contributed by atoms with Gasteiger partial charge >= 0.3 is 0 Å². The molecule has 0 fully saturated rings. The zero-order chi connectivity index (χ0) is 18.1. The third-order valence-electron chi connectivity index (χ3n) is 3.55. The second-order valence-electron chi connectivity index (χ2n) is 5.58. The molecule has 1 heterocycles. The van der Waals surface area contributed by atoms with E-state index in [1.807, 2.05) is 30.3 Å². The molecule has 9 heteroatoms. The SMILES string of the molecule is CN=C(NCCOCCS(C)(=O)=O)NCc1ccnc2ccccc12.I. The number of rotatable bonds is 8. The van der Waals surface area contributed by atoms with Crippen LogP contribution in [-0.4, -0.2) is 58.2 Å². The predicted molar refractivity (Wildman–Crippen MR) is 116 cm³/mol. The standard InChI is InChI=1S/C17H24N4O3S.HI/c1-18-17(20-9-10-24-11-12-25(2,22)23)21-13-14-7-8-19-16-6-4-3-5-15(14)16;/h3-8H,9-13H2,1-2H3,(H2,18,20,21);1H. The summed E-state index contributed by atoms with van der Waals surface area (Å²) in [5, 5.41) is 7.50. The number of para-hydroxylation sites is 1. The average molecular weight is 492 g/mol. The highest BCUT2D eigenvalue weighted by atomic mass is 127. The van der Waals surface area contributed by atoms with Gasteiger partial charge in [0, 0.05) is 38.0 Å². The number of hydrogen-bond acceptors (Lipinski definition) is 5. The minimum absolute atomic E-state index is 0. The quantitative estimate of drug-likeness (QED) is 0.252. The number of ether oxygens (including phenoxy) is 1. The fourth-order valence-corrected chi connectivity index (χ4v) is 2.68. The third-order valence-corrected chi connectivity index (χ3v) is 4.45. The van der Waals surface area contributed by atoms with Crippen LogP contribution in [-0.2, 0) is 21.1 Å². The van der Waals surface area contributed by atoms with Crippen molar-refractivity contribution < 1.29 is 13.2 Å². The summed E-state index contributed by atoms with van der Waals surface area (Å²) < 4.78 is 27.3. The Morgan fingerprint density at radius 3 is 2.69 bits per heavy atom. The van der Waals surface area contributed by atoms with E-state index in [0.717, 1.165) is 16.5 Å². The van der Waals surface area contributed by atoms with Crippen LogP contribution >= 0.6 is 24.0 Å². The fraction of sp³-hybridized carbons (Fsp3) is 0.412. The maximum atomic E-state index is 11.0. The summed E-state index contributed by atoms with van der Waals surface area (Å²) in [5.74, 6) is 0.697. The van der Waals surface area contributed by atoms with E-state index in [0.29, 0.717) is 25.7 Å². The van der Waals surface area contributed by atoms with Crippen LogP contribution in [0.5, 0.6) is 0 Å². The first kappa shape index (κ1) is 22.6. The second-order valence-corrected chi connectivity index (χ2v) is 7.84. The van der Waals surface area contributed by atoms with Crippen molar-refractivity contribution >= 4 is 50.7 Å². The Kier molecular flexibility index (Phi) is 9.81. The number of nitrogens with zero attached hydrogens (tertiary/aromatic N) is 2. The summed E-state index contributed by atoms with van der Waals surface area (Å²) in [5.41, 5.74) is 2.10. The van der Waals surface area contributed by atoms with Crippen molar-refractivity contribution in [3.05, 3.63) is 42.1 Å². The Bertz CT molecular complexity index is 822. The molecule has 0 aliphatic rings. The Hall–Kier alpha value is -1.46. The molecule has 26 heavy (non-hydrogen) atoms. The van der Waals surface area contributed by atoms with Crippen LogP contribution in [0.15, 0.2) is 41.5 Å². The van der Waals surface area contributed by atoms with Gasteiger partial charge in [-0.05, 0) is 17.7 Å². The van der Waals surface area contributed by atoms with Crippen LogP contribution in [0.4, 0.5) is 0 Å². The van der Waals surface area contributed by atoms with Crippen LogP contribution < -0.4 is 10.6 Å². The molecule has 0 saturated carbocycles. The highest BCUT2D eigenvalue weighted by Gasteiger charge is 2.04. The van der Waals surface area contributed by atoms with Crippen LogP contribution in [0.2, 0.25) is 0 Å². The molecule has 0 atom stereocenters. The Morgan fingerprint density at radius 1 is 1.19 bits per heavy atom. The number of fused-ring (bicyclic) bond motifs is 1. The number of halogens is 1. The second kappa shape index (κ2) is 11.3. The number of nitrogens with one attached hydrogen (secondary N) is 2. The minimum Gasteiger partial charge on any atom is -0.379 e. The lowest BCUT2D eigenvalue weighted by Gasteiger charge is -2.13. The Labute approximate surface area is 171 Å². The van der Waals surface area contributed by atoms with E-state index < -0.39 is 9.84 Å². The topological polar surface area (TPSA) is 92.7 Å². The first-order chi connectivity index (χ1) is 12.0. The van der Waals surface area contributed by atoms with Gasteiger partial charge in [0.25, 0.3) is 0 Å². The molecule has 144 valence electrons.